The molecule has 0 fully saturated rings. The standard InChI is InChI=1S/C18H24F3N5O.HI/c1-4-22-17(23-9-8-15-25-16(12(2)3)26-27-15)24-11-13-6-5-7-14(10-13)18(19,20)21;/h5-7,10,12H,4,8-9,11H2,1-3H3,(H2,22,23,24);1H. The summed E-state index contributed by atoms with van der Waals surface area (Å²) in [6, 6.07) is 5.16. The van der Waals surface area contributed by atoms with Crippen LogP contribution in [-0.4, -0.2) is 29.2 Å². The maximum atomic E-state index is 12.8. The number of rotatable bonds is 7. The highest BCUT2D eigenvalue weighted by atomic mass is 127. The van der Waals surface area contributed by atoms with Gasteiger partial charge in [-0.2, -0.15) is 18.2 Å². The van der Waals surface area contributed by atoms with Gasteiger partial charge in [0.1, 0.15) is 0 Å². The Bertz CT molecular complexity index is 762. The van der Waals surface area contributed by atoms with Crippen molar-refractivity contribution in [2.24, 2.45) is 4.99 Å². The van der Waals surface area contributed by atoms with Crippen LogP contribution in [0.1, 0.15) is 49.5 Å². The summed E-state index contributed by atoms with van der Waals surface area (Å²) in [7, 11) is 0. The van der Waals surface area contributed by atoms with Gasteiger partial charge in [0.15, 0.2) is 11.8 Å². The Labute approximate surface area is 179 Å². The number of halogens is 4. The minimum Gasteiger partial charge on any atom is -0.357 e. The van der Waals surface area contributed by atoms with E-state index in [0.29, 0.717) is 42.7 Å². The lowest BCUT2D eigenvalue weighted by Gasteiger charge is -2.11. The van der Waals surface area contributed by atoms with Crippen molar-refractivity contribution in [3.8, 4) is 0 Å². The van der Waals surface area contributed by atoms with Crippen LogP contribution in [0.2, 0.25) is 0 Å². The molecule has 0 unspecified atom stereocenters. The number of nitrogens with zero attached hydrogens (tertiary/aromatic N) is 3. The quantitative estimate of drug-likeness (QED) is 0.332. The molecule has 0 aliphatic heterocycles. The molecule has 6 nitrogen and oxygen atoms in total. The van der Waals surface area contributed by atoms with Crippen molar-refractivity contribution in [3.63, 3.8) is 0 Å². The zero-order chi connectivity index (χ0) is 19.9. The van der Waals surface area contributed by atoms with Crippen molar-refractivity contribution in [1.82, 2.24) is 20.8 Å². The van der Waals surface area contributed by atoms with Crippen LogP contribution >= 0.6 is 24.0 Å². The highest BCUT2D eigenvalue weighted by molar-refractivity contribution is 14.0. The van der Waals surface area contributed by atoms with Crippen LogP contribution in [-0.2, 0) is 19.1 Å². The van der Waals surface area contributed by atoms with Gasteiger partial charge in [0.2, 0.25) is 5.89 Å². The third-order valence-electron chi connectivity index (χ3n) is 3.65. The fraction of sp³-hybridized carbons (Fsp3) is 0.500. The van der Waals surface area contributed by atoms with Crippen molar-refractivity contribution in [3.05, 3.63) is 47.1 Å². The van der Waals surface area contributed by atoms with E-state index in [9.17, 15) is 13.2 Å². The molecule has 0 saturated heterocycles. The summed E-state index contributed by atoms with van der Waals surface area (Å²) < 4.78 is 43.5. The number of hydrogen-bond acceptors (Lipinski definition) is 4. The predicted octanol–water partition coefficient (Wildman–Crippen LogP) is 4.13. The molecule has 0 atom stereocenters. The molecule has 2 aromatic rings. The maximum Gasteiger partial charge on any atom is 0.416 e. The summed E-state index contributed by atoms with van der Waals surface area (Å²) >= 11 is 0. The first kappa shape index (κ1) is 24.2. The van der Waals surface area contributed by atoms with E-state index in [4.69, 9.17) is 4.52 Å². The van der Waals surface area contributed by atoms with Gasteiger partial charge in [-0.25, -0.2) is 4.99 Å². The van der Waals surface area contributed by atoms with Crippen LogP contribution in [0.15, 0.2) is 33.8 Å². The summed E-state index contributed by atoms with van der Waals surface area (Å²) in [6.45, 7) is 7.15. The van der Waals surface area contributed by atoms with Gasteiger partial charge in [0.05, 0.1) is 12.1 Å². The van der Waals surface area contributed by atoms with Crippen LogP contribution in [0.3, 0.4) is 0 Å². The minimum atomic E-state index is -4.36. The van der Waals surface area contributed by atoms with Gasteiger partial charge in [-0.1, -0.05) is 31.1 Å². The van der Waals surface area contributed by atoms with Crippen LogP contribution in [0, 0.1) is 0 Å². The number of guanidine groups is 1. The highest BCUT2D eigenvalue weighted by Gasteiger charge is 2.30. The molecular weight excluding hydrogens is 486 g/mol. The smallest absolute Gasteiger partial charge is 0.357 e. The van der Waals surface area contributed by atoms with E-state index in [2.05, 4.69) is 25.8 Å². The van der Waals surface area contributed by atoms with Crippen LogP contribution < -0.4 is 10.6 Å². The van der Waals surface area contributed by atoms with Gasteiger partial charge in [-0.05, 0) is 24.6 Å². The monoisotopic (exact) mass is 511 g/mol. The van der Waals surface area contributed by atoms with E-state index >= 15 is 0 Å². The fourth-order valence-corrected chi connectivity index (χ4v) is 2.25. The topological polar surface area (TPSA) is 75.3 Å². The molecule has 2 N–H and O–H groups in total. The van der Waals surface area contributed by atoms with E-state index < -0.39 is 11.7 Å². The number of hydrogen-bond donors (Lipinski definition) is 2. The number of nitrogens with one attached hydrogen (secondary N) is 2. The fourth-order valence-electron chi connectivity index (χ4n) is 2.25. The second-order valence-corrected chi connectivity index (χ2v) is 6.27. The molecule has 0 radical (unpaired) electrons. The third-order valence-corrected chi connectivity index (χ3v) is 3.65. The Morgan fingerprint density at radius 2 is 2.00 bits per heavy atom. The Hall–Kier alpha value is -1.85. The van der Waals surface area contributed by atoms with Gasteiger partial charge in [0, 0.05) is 25.4 Å². The second kappa shape index (κ2) is 11.2. The lowest BCUT2D eigenvalue weighted by molar-refractivity contribution is -0.137. The zero-order valence-electron chi connectivity index (χ0n) is 16.0. The van der Waals surface area contributed by atoms with Gasteiger partial charge in [-0.3, -0.25) is 0 Å². The van der Waals surface area contributed by atoms with E-state index in [1.807, 2.05) is 20.8 Å². The van der Waals surface area contributed by atoms with E-state index in [-0.39, 0.29) is 36.4 Å². The van der Waals surface area contributed by atoms with Crippen LogP contribution in [0.4, 0.5) is 13.2 Å². The van der Waals surface area contributed by atoms with Gasteiger partial charge >= 0.3 is 6.18 Å². The summed E-state index contributed by atoms with van der Waals surface area (Å²) in [5.41, 5.74) is -0.189. The van der Waals surface area contributed by atoms with E-state index in [0.717, 1.165) is 12.1 Å². The molecule has 0 aliphatic carbocycles. The molecule has 0 aliphatic rings. The second-order valence-electron chi connectivity index (χ2n) is 6.27. The summed E-state index contributed by atoms with van der Waals surface area (Å²) in [5, 5.41) is 10.1. The number of aliphatic imine (C=N–C) groups is 1. The minimum absolute atomic E-state index is 0. The predicted molar refractivity (Wildman–Crippen MR) is 112 cm³/mol. The molecule has 1 heterocycles. The lowest BCUT2D eigenvalue weighted by atomic mass is 10.1. The molecule has 0 bridgehead atoms. The summed E-state index contributed by atoms with van der Waals surface area (Å²) in [4.78, 5) is 8.63. The molecule has 28 heavy (non-hydrogen) atoms. The average Bonchev–Trinajstić information content (AvgIpc) is 3.08. The first-order chi connectivity index (χ1) is 12.8. The first-order valence-corrected chi connectivity index (χ1v) is 8.80. The molecule has 2 rings (SSSR count). The Morgan fingerprint density at radius 1 is 1.25 bits per heavy atom. The third kappa shape index (κ3) is 7.64. The van der Waals surface area contributed by atoms with Crippen molar-refractivity contribution < 1.29 is 17.7 Å². The molecule has 1 aromatic heterocycles. The number of benzene rings is 1. The molecule has 0 amide bonds. The zero-order valence-corrected chi connectivity index (χ0v) is 18.3. The Balaban J connectivity index is 0.00000392. The van der Waals surface area contributed by atoms with Gasteiger partial charge < -0.3 is 15.2 Å². The highest BCUT2D eigenvalue weighted by Crippen LogP contribution is 2.29. The van der Waals surface area contributed by atoms with Crippen molar-refractivity contribution in [2.45, 2.75) is 45.8 Å². The van der Waals surface area contributed by atoms with Gasteiger partial charge in [0.25, 0.3) is 0 Å². The number of aromatic nitrogens is 2. The van der Waals surface area contributed by atoms with Gasteiger partial charge in [-0.15, -0.1) is 24.0 Å². The van der Waals surface area contributed by atoms with E-state index in [1.165, 1.54) is 6.07 Å². The normalized spacial score (nSPS) is 12.0. The molecule has 1 aromatic carbocycles. The first-order valence-electron chi connectivity index (χ1n) is 8.80. The Morgan fingerprint density at radius 3 is 2.61 bits per heavy atom. The van der Waals surface area contributed by atoms with Crippen molar-refractivity contribution >= 4 is 29.9 Å². The largest absolute Gasteiger partial charge is 0.416 e. The molecular formula is C18H25F3IN5O. The molecule has 156 valence electrons. The molecule has 0 spiro atoms. The van der Waals surface area contributed by atoms with Crippen molar-refractivity contribution in [2.75, 3.05) is 13.1 Å². The molecule has 10 heteroatoms. The molecule has 0 saturated carbocycles. The average molecular weight is 511 g/mol. The SMILES string of the molecule is CCNC(=NCc1cccc(C(F)(F)F)c1)NCCc1nc(C(C)C)no1.I. The van der Waals surface area contributed by atoms with E-state index in [1.54, 1.807) is 6.07 Å². The number of alkyl halides is 3. The van der Waals surface area contributed by atoms with Crippen molar-refractivity contribution in [1.29, 1.82) is 0 Å². The van der Waals surface area contributed by atoms with Crippen LogP contribution in [0.5, 0.6) is 0 Å². The summed E-state index contributed by atoms with van der Waals surface area (Å²) in [5.74, 6) is 1.90. The summed E-state index contributed by atoms with van der Waals surface area (Å²) in [6.07, 6.45) is -3.84. The maximum absolute atomic E-state index is 12.8. The lowest BCUT2D eigenvalue weighted by Crippen LogP contribution is -2.38. The Kier molecular flexibility index (Phi) is 9.70. The van der Waals surface area contributed by atoms with Crippen LogP contribution in [0.25, 0.3) is 0 Å².